The topological polar surface area (TPSA) is 89.9 Å². The van der Waals surface area contributed by atoms with Crippen molar-refractivity contribution in [1.29, 1.82) is 0 Å². The largest absolute Gasteiger partial charge is 0.494 e. The lowest BCUT2D eigenvalue weighted by Crippen LogP contribution is -2.40. The van der Waals surface area contributed by atoms with Crippen LogP contribution in [0.3, 0.4) is 0 Å². The molecule has 0 aliphatic carbocycles. The molecule has 0 atom stereocenters. The molecule has 1 N–H and O–H groups in total. The summed E-state index contributed by atoms with van der Waals surface area (Å²) in [6.45, 7) is 4.31. The van der Waals surface area contributed by atoms with Gasteiger partial charge in [0, 0.05) is 32.9 Å². The summed E-state index contributed by atoms with van der Waals surface area (Å²) in [5.41, 5.74) is 1.43. The van der Waals surface area contributed by atoms with Gasteiger partial charge in [-0.2, -0.15) is 4.31 Å². The molecule has 1 aromatic heterocycles. The summed E-state index contributed by atoms with van der Waals surface area (Å²) >= 11 is 0. The van der Waals surface area contributed by atoms with E-state index in [1.54, 1.807) is 7.05 Å². The molecule has 158 valence electrons. The molecular weight excluding hydrogens is 394 g/mol. The van der Waals surface area contributed by atoms with Crippen LogP contribution in [0.1, 0.15) is 22.5 Å². The highest BCUT2D eigenvalue weighted by Gasteiger charge is 2.28. The molecule has 1 aliphatic rings. The van der Waals surface area contributed by atoms with Crippen molar-refractivity contribution in [2.75, 3.05) is 39.5 Å². The van der Waals surface area contributed by atoms with Crippen LogP contribution < -0.4 is 10.1 Å². The third kappa shape index (κ3) is 5.37. The number of rotatable bonds is 8. The maximum atomic E-state index is 12.7. The molecule has 1 aromatic carbocycles. The van der Waals surface area contributed by atoms with Crippen molar-refractivity contribution >= 4 is 15.9 Å². The van der Waals surface area contributed by atoms with Gasteiger partial charge in [0.1, 0.15) is 16.3 Å². The molecule has 1 amide bonds. The number of ether oxygens (including phenoxy) is 2. The van der Waals surface area contributed by atoms with Gasteiger partial charge < -0.3 is 19.4 Å². The van der Waals surface area contributed by atoms with Gasteiger partial charge in [-0.3, -0.25) is 4.79 Å². The molecule has 0 saturated carbocycles. The zero-order valence-corrected chi connectivity index (χ0v) is 17.6. The fourth-order valence-electron chi connectivity index (χ4n) is 3.10. The number of morpholine rings is 1. The van der Waals surface area contributed by atoms with Crippen molar-refractivity contribution < 1.29 is 22.7 Å². The van der Waals surface area contributed by atoms with E-state index in [1.165, 1.54) is 21.1 Å². The first-order chi connectivity index (χ1) is 13.9. The van der Waals surface area contributed by atoms with E-state index >= 15 is 0 Å². The Kier molecular flexibility index (Phi) is 6.94. The van der Waals surface area contributed by atoms with Gasteiger partial charge in [-0.05, 0) is 37.1 Å². The van der Waals surface area contributed by atoms with Gasteiger partial charge in [0.25, 0.3) is 5.91 Å². The lowest BCUT2D eigenvalue weighted by molar-refractivity contribution is 0.0730. The van der Waals surface area contributed by atoms with Crippen LogP contribution >= 0.6 is 0 Å². The molecule has 3 rings (SSSR count). The number of nitrogens with one attached hydrogen (secondary N) is 1. The second-order valence-corrected chi connectivity index (χ2v) is 8.90. The van der Waals surface area contributed by atoms with E-state index in [2.05, 4.69) is 5.32 Å². The molecule has 0 unspecified atom stereocenters. The van der Waals surface area contributed by atoms with Gasteiger partial charge >= 0.3 is 0 Å². The van der Waals surface area contributed by atoms with E-state index in [-0.39, 0.29) is 10.8 Å². The van der Waals surface area contributed by atoms with Crippen LogP contribution in [0.2, 0.25) is 0 Å². The SMILES string of the molecule is Cc1cccc(OCCCNC(=O)c2cc(S(=O)(=O)N3CCOCC3)cn2C)c1. The molecule has 0 spiro atoms. The molecule has 8 nitrogen and oxygen atoms in total. The molecule has 0 radical (unpaired) electrons. The summed E-state index contributed by atoms with van der Waals surface area (Å²) in [7, 11) is -1.97. The van der Waals surface area contributed by atoms with Crippen LogP contribution in [0.15, 0.2) is 41.4 Å². The van der Waals surface area contributed by atoms with Gasteiger partial charge in [0.2, 0.25) is 10.0 Å². The molecular formula is C20H27N3O5S. The summed E-state index contributed by atoms with van der Waals surface area (Å²) in [4.78, 5) is 12.6. The maximum Gasteiger partial charge on any atom is 0.267 e. The zero-order valence-electron chi connectivity index (χ0n) is 16.8. The van der Waals surface area contributed by atoms with E-state index < -0.39 is 10.0 Å². The molecule has 2 aromatic rings. The van der Waals surface area contributed by atoms with Crippen molar-refractivity contribution in [2.45, 2.75) is 18.2 Å². The Hall–Kier alpha value is -2.36. The van der Waals surface area contributed by atoms with Gasteiger partial charge in [0.15, 0.2) is 0 Å². The van der Waals surface area contributed by atoms with Crippen molar-refractivity contribution in [3.63, 3.8) is 0 Å². The molecule has 29 heavy (non-hydrogen) atoms. The van der Waals surface area contributed by atoms with Crippen LogP contribution in [0, 0.1) is 6.92 Å². The fraction of sp³-hybridized carbons (Fsp3) is 0.450. The van der Waals surface area contributed by atoms with Crippen molar-refractivity contribution in [2.24, 2.45) is 7.05 Å². The normalized spacial score (nSPS) is 15.2. The van der Waals surface area contributed by atoms with Crippen molar-refractivity contribution in [1.82, 2.24) is 14.2 Å². The molecule has 1 aliphatic heterocycles. The lowest BCUT2D eigenvalue weighted by Gasteiger charge is -2.25. The monoisotopic (exact) mass is 421 g/mol. The second kappa shape index (κ2) is 9.43. The number of carbonyl (C=O) groups is 1. The first-order valence-electron chi connectivity index (χ1n) is 9.60. The van der Waals surface area contributed by atoms with E-state index in [4.69, 9.17) is 9.47 Å². The van der Waals surface area contributed by atoms with E-state index in [0.29, 0.717) is 51.6 Å². The molecule has 1 fully saturated rings. The number of sulfonamides is 1. The Labute approximate surface area is 171 Å². The molecule has 1 saturated heterocycles. The minimum absolute atomic E-state index is 0.120. The number of nitrogens with zero attached hydrogens (tertiary/aromatic N) is 2. The van der Waals surface area contributed by atoms with Crippen LogP contribution in [0.5, 0.6) is 5.75 Å². The average Bonchev–Trinajstić information content (AvgIpc) is 3.11. The van der Waals surface area contributed by atoms with E-state index in [9.17, 15) is 13.2 Å². The standard InChI is InChI=1S/C20H27N3O5S/c1-16-5-3-6-17(13-16)28-10-4-7-21-20(24)19-14-18(15-22(19)2)29(25,26)23-8-11-27-12-9-23/h3,5-6,13-15H,4,7-12H2,1-2H3,(H,21,24). The third-order valence-electron chi connectivity index (χ3n) is 4.69. The van der Waals surface area contributed by atoms with Gasteiger partial charge in [-0.15, -0.1) is 0 Å². The van der Waals surface area contributed by atoms with Crippen LogP contribution in [-0.4, -0.2) is 62.7 Å². The average molecular weight is 422 g/mol. The van der Waals surface area contributed by atoms with Crippen LogP contribution in [0.4, 0.5) is 0 Å². The number of carbonyl (C=O) groups excluding carboxylic acids is 1. The Morgan fingerprint density at radius 1 is 1.24 bits per heavy atom. The molecule has 2 heterocycles. The smallest absolute Gasteiger partial charge is 0.267 e. The third-order valence-corrected chi connectivity index (χ3v) is 6.55. The summed E-state index contributed by atoms with van der Waals surface area (Å²) in [6, 6.07) is 9.21. The van der Waals surface area contributed by atoms with E-state index in [0.717, 1.165) is 11.3 Å². The predicted molar refractivity (Wildman–Crippen MR) is 109 cm³/mol. The first kappa shape index (κ1) is 21.4. The highest BCUT2D eigenvalue weighted by atomic mass is 32.2. The summed E-state index contributed by atoms with van der Waals surface area (Å²) in [6.07, 6.45) is 2.11. The Morgan fingerprint density at radius 3 is 2.72 bits per heavy atom. The van der Waals surface area contributed by atoms with Gasteiger partial charge in [-0.25, -0.2) is 8.42 Å². The number of benzene rings is 1. The highest BCUT2D eigenvalue weighted by Crippen LogP contribution is 2.19. The Bertz CT molecular complexity index is 949. The number of hydrogen-bond acceptors (Lipinski definition) is 5. The van der Waals surface area contributed by atoms with Crippen molar-refractivity contribution in [3.8, 4) is 5.75 Å². The zero-order chi connectivity index (χ0) is 20.9. The van der Waals surface area contributed by atoms with Gasteiger partial charge in [0.05, 0.1) is 19.8 Å². The highest BCUT2D eigenvalue weighted by molar-refractivity contribution is 7.89. The van der Waals surface area contributed by atoms with Gasteiger partial charge in [-0.1, -0.05) is 12.1 Å². The lowest BCUT2D eigenvalue weighted by atomic mass is 10.2. The fourth-order valence-corrected chi connectivity index (χ4v) is 4.58. The maximum absolute atomic E-state index is 12.7. The minimum Gasteiger partial charge on any atom is -0.494 e. The Morgan fingerprint density at radius 2 is 2.00 bits per heavy atom. The number of aromatic nitrogens is 1. The van der Waals surface area contributed by atoms with Crippen LogP contribution in [0.25, 0.3) is 0 Å². The molecule has 9 heteroatoms. The van der Waals surface area contributed by atoms with Crippen molar-refractivity contribution in [3.05, 3.63) is 47.8 Å². The quantitative estimate of drug-likeness (QED) is 0.654. The predicted octanol–water partition coefficient (Wildman–Crippen LogP) is 1.55. The number of aryl methyl sites for hydroxylation is 2. The van der Waals surface area contributed by atoms with Crippen LogP contribution in [-0.2, 0) is 21.8 Å². The second-order valence-electron chi connectivity index (χ2n) is 6.96. The summed E-state index contributed by atoms with van der Waals surface area (Å²) in [5.74, 6) is 0.489. The number of amides is 1. The Balaban J connectivity index is 1.52. The first-order valence-corrected chi connectivity index (χ1v) is 11.0. The molecule has 0 bridgehead atoms. The summed E-state index contributed by atoms with van der Waals surface area (Å²) in [5, 5.41) is 2.81. The minimum atomic E-state index is -3.63. The number of hydrogen-bond donors (Lipinski definition) is 1. The van der Waals surface area contributed by atoms with E-state index in [1.807, 2.05) is 31.2 Å². The summed E-state index contributed by atoms with van der Waals surface area (Å²) < 4.78 is 39.3.